The summed E-state index contributed by atoms with van der Waals surface area (Å²) in [7, 11) is 1.92. The summed E-state index contributed by atoms with van der Waals surface area (Å²) in [4.78, 5) is 14.0. The molecule has 0 saturated carbocycles. The van der Waals surface area contributed by atoms with E-state index in [-0.39, 0.29) is 5.91 Å². The maximum absolute atomic E-state index is 12.0. The van der Waals surface area contributed by atoms with Crippen LogP contribution in [0.3, 0.4) is 0 Å². The summed E-state index contributed by atoms with van der Waals surface area (Å²) in [5.74, 6) is 0.483. The van der Waals surface area contributed by atoms with Crippen LogP contribution in [0, 0.1) is 0 Å². The lowest BCUT2D eigenvalue weighted by Gasteiger charge is -2.16. The number of aromatic nitrogens is 3. The Balaban J connectivity index is 1.76. The fourth-order valence-corrected chi connectivity index (χ4v) is 2.10. The van der Waals surface area contributed by atoms with E-state index in [2.05, 4.69) is 41.5 Å². The first-order valence-electron chi connectivity index (χ1n) is 7.45. The van der Waals surface area contributed by atoms with Gasteiger partial charge in [0.25, 0.3) is 0 Å². The molecule has 0 atom stereocenters. The zero-order chi connectivity index (χ0) is 15.9. The zero-order valence-corrected chi connectivity index (χ0v) is 13.4. The van der Waals surface area contributed by atoms with Gasteiger partial charge in [-0.15, -0.1) is 10.2 Å². The topological polar surface area (TPSA) is 63.1 Å². The van der Waals surface area contributed by atoms with E-state index in [1.54, 1.807) is 12.7 Å². The average Bonchev–Trinajstić information content (AvgIpc) is 2.99. The number of benzene rings is 1. The van der Waals surface area contributed by atoms with Crippen molar-refractivity contribution in [1.82, 2.24) is 19.7 Å². The minimum Gasteiger partial charge on any atom is -0.325 e. The summed E-state index contributed by atoms with van der Waals surface area (Å²) in [5.41, 5.74) is 2.10. The van der Waals surface area contributed by atoms with E-state index >= 15 is 0 Å². The van der Waals surface area contributed by atoms with Crippen LogP contribution in [0.25, 0.3) is 0 Å². The Morgan fingerprint density at radius 2 is 1.86 bits per heavy atom. The van der Waals surface area contributed by atoms with E-state index in [1.165, 1.54) is 5.56 Å². The molecule has 0 aliphatic heterocycles. The fourth-order valence-electron chi connectivity index (χ4n) is 2.10. The second-order valence-corrected chi connectivity index (χ2v) is 5.76. The van der Waals surface area contributed by atoms with Gasteiger partial charge in [0.2, 0.25) is 5.91 Å². The molecule has 0 aliphatic rings. The van der Waals surface area contributed by atoms with Crippen molar-refractivity contribution in [2.24, 2.45) is 0 Å². The van der Waals surface area contributed by atoms with Crippen LogP contribution in [0.4, 0.5) is 5.69 Å². The Hall–Kier alpha value is -2.21. The third-order valence-corrected chi connectivity index (χ3v) is 3.48. The summed E-state index contributed by atoms with van der Waals surface area (Å²) < 4.78 is 1.89. The molecule has 1 aromatic carbocycles. The Morgan fingerprint density at radius 3 is 2.45 bits per heavy atom. The van der Waals surface area contributed by atoms with Crippen molar-refractivity contribution < 1.29 is 4.79 Å². The minimum atomic E-state index is -0.0106. The molecule has 118 valence electrons. The van der Waals surface area contributed by atoms with Crippen LogP contribution < -0.4 is 5.32 Å². The number of hydrogen-bond donors (Lipinski definition) is 1. The monoisotopic (exact) mass is 301 g/mol. The summed E-state index contributed by atoms with van der Waals surface area (Å²) in [6.07, 6.45) is 3.34. The standard InChI is InChI=1S/C16H23N5O/c1-13(2)14-4-6-15(7-5-14)19-16(22)10-20(3)8-9-21-11-17-18-12-21/h4-7,11-13H,8-10H2,1-3H3,(H,19,22). The number of anilines is 1. The predicted octanol–water partition coefficient (Wildman–Crippen LogP) is 1.97. The number of amides is 1. The van der Waals surface area contributed by atoms with E-state index in [0.29, 0.717) is 12.5 Å². The molecule has 0 aliphatic carbocycles. The smallest absolute Gasteiger partial charge is 0.238 e. The van der Waals surface area contributed by atoms with Crippen LogP contribution in [0.15, 0.2) is 36.9 Å². The molecule has 0 bridgehead atoms. The van der Waals surface area contributed by atoms with Crippen molar-refractivity contribution in [3.05, 3.63) is 42.5 Å². The van der Waals surface area contributed by atoms with E-state index in [4.69, 9.17) is 0 Å². The first kappa shape index (κ1) is 16.2. The molecule has 22 heavy (non-hydrogen) atoms. The lowest BCUT2D eigenvalue weighted by atomic mass is 10.0. The van der Waals surface area contributed by atoms with Gasteiger partial charge in [0.15, 0.2) is 0 Å². The molecule has 2 aromatic rings. The fraction of sp³-hybridized carbons (Fsp3) is 0.438. The van der Waals surface area contributed by atoms with Crippen molar-refractivity contribution in [2.45, 2.75) is 26.3 Å². The second kappa shape index (κ2) is 7.70. The highest BCUT2D eigenvalue weighted by molar-refractivity contribution is 5.92. The van der Waals surface area contributed by atoms with E-state index < -0.39 is 0 Å². The van der Waals surface area contributed by atoms with Crippen LogP contribution in [-0.2, 0) is 11.3 Å². The van der Waals surface area contributed by atoms with Crippen molar-refractivity contribution >= 4 is 11.6 Å². The summed E-state index contributed by atoms with van der Waals surface area (Å²) in [6.45, 7) is 6.18. The molecule has 1 amide bonds. The number of carbonyl (C=O) groups is 1. The number of rotatable bonds is 7. The van der Waals surface area contributed by atoms with Gasteiger partial charge in [-0.2, -0.15) is 0 Å². The third kappa shape index (κ3) is 4.96. The SMILES string of the molecule is CC(C)c1ccc(NC(=O)CN(C)CCn2cnnc2)cc1. The summed E-state index contributed by atoms with van der Waals surface area (Å²) in [6, 6.07) is 8.00. The molecule has 6 nitrogen and oxygen atoms in total. The molecule has 1 N–H and O–H groups in total. The average molecular weight is 301 g/mol. The van der Waals surface area contributed by atoms with Crippen molar-refractivity contribution in [3.8, 4) is 0 Å². The third-order valence-electron chi connectivity index (χ3n) is 3.48. The summed E-state index contributed by atoms with van der Waals surface area (Å²) >= 11 is 0. The second-order valence-electron chi connectivity index (χ2n) is 5.76. The van der Waals surface area contributed by atoms with E-state index in [1.807, 2.05) is 28.6 Å². The number of likely N-dealkylation sites (N-methyl/N-ethyl adjacent to an activating group) is 1. The molecule has 1 heterocycles. The normalized spacial score (nSPS) is 11.1. The lowest BCUT2D eigenvalue weighted by Crippen LogP contribution is -2.32. The van der Waals surface area contributed by atoms with Gasteiger partial charge >= 0.3 is 0 Å². The van der Waals surface area contributed by atoms with Gasteiger partial charge in [0.05, 0.1) is 6.54 Å². The molecule has 0 spiro atoms. The van der Waals surface area contributed by atoms with Gasteiger partial charge in [-0.05, 0) is 30.7 Å². The molecule has 0 saturated heterocycles. The highest BCUT2D eigenvalue weighted by atomic mass is 16.2. The molecular weight excluding hydrogens is 278 g/mol. The highest BCUT2D eigenvalue weighted by Gasteiger charge is 2.07. The number of nitrogens with one attached hydrogen (secondary N) is 1. The van der Waals surface area contributed by atoms with Gasteiger partial charge < -0.3 is 9.88 Å². The van der Waals surface area contributed by atoms with Crippen LogP contribution in [0.5, 0.6) is 0 Å². The van der Waals surface area contributed by atoms with Gasteiger partial charge in [-0.1, -0.05) is 26.0 Å². The van der Waals surface area contributed by atoms with Gasteiger partial charge in [-0.3, -0.25) is 9.69 Å². The quantitative estimate of drug-likeness (QED) is 0.849. The lowest BCUT2D eigenvalue weighted by molar-refractivity contribution is -0.117. The first-order valence-corrected chi connectivity index (χ1v) is 7.45. The molecule has 1 aromatic heterocycles. The van der Waals surface area contributed by atoms with Crippen LogP contribution >= 0.6 is 0 Å². The van der Waals surface area contributed by atoms with E-state index in [0.717, 1.165) is 18.8 Å². The van der Waals surface area contributed by atoms with Crippen molar-refractivity contribution in [1.29, 1.82) is 0 Å². The van der Waals surface area contributed by atoms with Crippen LogP contribution in [-0.4, -0.2) is 45.7 Å². The number of hydrogen-bond acceptors (Lipinski definition) is 4. The van der Waals surface area contributed by atoms with Crippen LogP contribution in [0.1, 0.15) is 25.3 Å². The largest absolute Gasteiger partial charge is 0.325 e. The van der Waals surface area contributed by atoms with Gasteiger partial charge in [-0.25, -0.2) is 0 Å². The number of carbonyl (C=O) groups excluding carboxylic acids is 1. The number of nitrogens with zero attached hydrogens (tertiary/aromatic N) is 4. The molecule has 0 unspecified atom stereocenters. The minimum absolute atomic E-state index is 0.0106. The maximum Gasteiger partial charge on any atom is 0.238 e. The Kier molecular flexibility index (Phi) is 5.66. The Bertz CT molecular complexity index is 577. The maximum atomic E-state index is 12.0. The summed E-state index contributed by atoms with van der Waals surface area (Å²) in [5, 5.41) is 10.4. The molecule has 6 heteroatoms. The molecule has 2 rings (SSSR count). The molecule has 0 radical (unpaired) electrons. The highest BCUT2D eigenvalue weighted by Crippen LogP contribution is 2.17. The van der Waals surface area contributed by atoms with E-state index in [9.17, 15) is 4.79 Å². The Morgan fingerprint density at radius 1 is 1.23 bits per heavy atom. The molecular formula is C16H23N5O. The van der Waals surface area contributed by atoms with Crippen LogP contribution in [0.2, 0.25) is 0 Å². The molecule has 0 fully saturated rings. The van der Waals surface area contributed by atoms with Crippen molar-refractivity contribution in [2.75, 3.05) is 25.5 Å². The predicted molar refractivity (Wildman–Crippen MR) is 86.7 cm³/mol. The zero-order valence-electron chi connectivity index (χ0n) is 13.4. The van der Waals surface area contributed by atoms with Gasteiger partial charge in [0, 0.05) is 18.8 Å². The van der Waals surface area contributed by atoms with Crippen molar-refractivity contribution in [3.63, 3.8) is 0 Å². The Labute approximate surface area is 131 Å². The first-order chi connectivity index (χ1) is 10.5. The van der Waals surface area contributed by atoms with Gasteiger partial charge in [0.1, 0.15) is 12.7 Å².